The molecule has 28 heavy (non-hydrogen) atoms. The largest absolute Gasteiger partial charge is 0.478 e. The van der Waals surface area contributed by atoms with Crippen molar-refractivity contribution < 1.29 is 19.5 Å². The number of anilines is 1. The van der Waals surface area contributed by atoms with E-state index in [1.807, 2.05) is 0 Å². The third-order valence-corrected chi connectivity index (χ3v) is 4.70. The Balaban J connectivity index is 1.72. The number of fused-ring (bicyclic) bond motifs is 1. The van der Waals surface area contributed by atoms with Gasteiger partial charge in [-0.25, -0.2) is 4.79 Å². The summed E-state index contributed by atoms with van der Waals surface area (Å²) in [4.78, 5) is 37.9. The highest BCUT2D eigenvalue weighted by atomic mass is 16.4. The lowest BCUT2D eigenvalue weighted by Crippen LogP contribution is -2.29. The predicted octanol–water partition coefficient (Wildman–Crippen LogP) is 3.43. The maximum atomic E-state index is 12.6. The first kappa shape index (κ1) is 17.5. The van der Waals surface area contributed by atoms with Gasteiger partial charge in [0.2, 0.25) is 0 Å². The third kappa shape index (κ3) is 3.01. The van der Waals surface area contributed by atoms with E-state index in [4.69, 9.17) is 5.73 Å². The molecule has 0 bridgehead atoms. The van der Waals surface area contributed by atoms with Crippen molar-refractivity contribution in [2.75, 3.05) is 5.73 Å². The summed E-state index contributed by atoms with van der Waals surface area (Å²) in [5.74, 6) is -1.84. The highest BCUT2D eigenvalue weighted by Crippen LogP contribution is 2.28. The summed E-state index contributed by atoms with van der Waals surface area (Å²) in [6.07, 6.45) is 0. The molecule has 3 aromatic rings. The molecule has 0 atom stereocenters. The highest BCUT2D eigenvalue weighted by molar-refractivity contribution is 6.21. The fourth-order valence-corrected chi connectivity index (χ4v) is 3.31. The van der Waals surface area contributed by atoms with Crippen molar-refractivity contribution in [3.05, 3.63) is 89.0 Å². The highest BCUT2D eigenvalue weighted by Gasteiger charge is 2.35. The smallest absolute Gasteiger partial charge is 0.335 e. The van der Waals surface area contributed by atoms with Crippen LogP contribution in [0.2, 0.25) is 0 Å². The number of carboxylic acid groups (broad SMARTS) is 1. The quantitative estimate of drug-likeness (QED) is 0.540. The number of carboxylic acids is 1. The van der Waals surface area contributed by atoms with Crippen LogP contribution >= 0.6 is 0 Å². The topological polar surface area (TPSA) is 101 Å². The van der Waals surface area contributed by atoms with E-state index in [1.165, 1.54) is 6.07 Å². The number of aromatic carboxylic acids is 1. The van der Waals surface area contributed by atoms with Crippen LogP contribution in [0.4, 0.5) is 5.69 Å². The molecule has 0 aromatic heterocycles. The molecule has 0 saturated heterocycles. The number of nitrogen functional groups attached to an aromatic ring is 1. The molecule has 6 heteroatoms. The molecular weight excluding hydrogens is 356 g/mol. The van der Waals surface area contributed by atoms with Gasteiger partial charge in [-0.05, 0) is 59.2 Å². The van der Waals surface area contributed by atoms with Crippen LogP contribution in [0.15, 0.2) is 66.7 Å². The summed E-state index contributed by atoms with van der Waals surface area (Å²) in [5.41, 5.74) is 9.15. The van der Waals surface area contributed by atoms with Crippen molar-refractivity contribution in [3.63, 3.8) is 0 Å². The predicted molar refractivity (Wildman–Crippen MR) is 104 cm³/mol. The van der Waals surface area contributed by atoms with Gasteiger partial charge in [0.05, 0.1) is 23.2 Å². The monoisotopic (exact) mass is 372 g/mol. The van der Waals surface area contributed by atoms with Gasteiger partial charge in [0.15, 0.2) is 0 Å². The molecule has 0 saturated carbocycles. The summed E-state index contributed by atoms with van der Waals surface area (Å²) in [5, 5.41) is 9.46. The fourth-order valence-electron chi connectivity index (χ4n) is 3.31. The molecule has 3 aromatic carbocycles. The van der Waals surface area contributed by atoms with Gasteiger partial charge < -0.3 is 10.8 Å². The van der Waals surface area contributed by atoms with E-state index in [2.05, 4.69) is 0 Å². The average molecular weight is 372 g/mol. The molecule has 0 aliphatic carbocycles. The van der Waals surface area contributed by atoms with Gasteiger partial charge in [-0.3, -0.25) is 14.5 Å². The molecule has 6 nitrogen and oxygen atoms in total. The second-order valence-electron chi connectivity index (χ2n) is 6.59. The van der Waals surface area contributed by atoms with Gasteiger partial charge >= 0.3 is 5.97 Å². The van der Waals surface area contributed by atoms with Crippen LogP contribution in [0.5, 0.6) is 0 Å². The summed E-state index contributed by atoms with van der Waals surface area (Å²) >= 11 is 0. The summed E-state index contributed by atoms with van der Waals surface area (Å²) in [6.45, 7) is -0.00452. The van der Waals surface area contributed by atoms with Crippen LogP contribution < -0.4 is 5.73 Å². The number of carbonyl (C=O) groups excluding carboxylic acids is 2. The normalized spacial score (nSPS) is 12.9. The first-order chi connectivity index (χ1) is 13.4. The Morgan fingerprint density at radius 3 is 2.04 bits per heavy atom. The van der Waals surface area contributed by atoms with Gasteiger partial charge in [-0.15, -0.1) is 0 Å². The first-order valence-corrected chi connectivity index (χ1v) is 8.62. The lowest BCUT2D eigenvalue weighted by atomic mass is 9.99. The Bertz CT molecular complexity index is 1080. The maximum absolute atomic E-state index is 12.6. The minimum Gasteiger partial charge on any atom is -0.478 e. The number of hydrogen-bond donors (Lipinski definition) is 2. The van der Waals surface area contributed by atoms with Crippen molar-refractivity contribution in [2.45, 2.75) is 6.54 Å². The van der Waals surface area contributed by atoms with E-state index in [0.29, 0.717) is 27.9 Å². The van der Waals surface area contributed by atoms with Crippen LogP contribution in [-0.4, -0.2) is 27.8 Å². The van der Waals surface area contributed by atoms with Crippen LogP contribution in [0.3, 0.4) is 0 Å². The second-order valence-corrected chi connectivity index (χ2v) is 6.59. The molecule has 3 N–H and O–H groups in total. The standard InChI is InChI=1S/C22H16N2O4/c23-17-7-5-14(6-8-17)15-9-13(10-16(11-15)22(27)28)12-24-20(25)18-3-1-2-4-19(18)21(24)26/h1-11H,12,23H2,(H,27,28). The Morgan fingerprint density at radius 1 is 0.857 bits per heavy atom. The van der Waals surface area contributed by atoms with Crippen molar-refractivity contribution in [3.8, 4) is 11.1 Å². The minimum absolute atomic E-state index is 0.00452. The molecule has 1 aliphatic rings. The number of rotatable bonds is 4. The summed E-state index contributed by atoms with van der Waals surface area (Å²) < 4.78 is 0. The van der Waals surface area contributed by atoms with E-state index in [0.717, 1.165) is 10.5 Å². The number of imide groups is 1. The zero-order chi connectivity index (χ0) is 19.8. The lowest BCUT2D eigenvalue weighted by Gasteiger charge is -2.15. The molecule has 138 valence electrons. The first-order valence-electron chi connectivity index (χ1n) is 8.62. The van der Waals surface area contributed by atoms with Gasteiger partial charge in [-0.2, -0.15) is 0 Å². The molecule has 1 aliphatic heterocycles. The Hall–Kier alpha value is -3.93. The maximum Gasteiger partial charge on any atom is 0.335 e. The van der Waals surface area contributed by atoms with Gasteiger partial charge in [0.25, 0.3) is 11.8 Å². The number of amides is 2. The SMILES string of the molecule is Nc1ccc(-c2cc(CN3C(=O)c4ccccc4C3=O)cc(C(=O)O)c2)cc1. The molecule has 0 radical (unpaired) electrons. The zero-order valence-corrected chi connectivity index (χ0v) is 14.8. The van der Waals surface area contributed by atoms with E-state index in [9.17, 15) is 19.5 Å². The van der Waals surface area contributed by atoms with Crippen LogP contribution in [0.1, 0.15) is 36.6 Å². The van der Waals surface area contributed by atoms with E-state index < -0.39 is 5.97 Å². The van der Waals surface area contributed by atoms with Gasteiger partial charge in [-0.1, -0.05) is 24.3 Å². The third-order valence-electron chi connectivity index (χ3n) is 4.70. The van der Waals surface area contributed by atoms with E-state index in [-0.39, 0.29) is 23.9 Å². The molecule has 2 amide bonds. The van der Waals surface area contributed by atoms with Crippen LogP contribution in [0.25, 0.3) is 11.1 Å². The van der Waals surface area contributed by atoms with E-state index in [1.54, 1.807) is 60.7 Å². The van der Waals surface area contributed by atoms with Crippen molar-refractivity contribution in [2.24, 2.45) is 0 Å². The summed E-state index contributed by atoms with van der Waals surface area (Å²) in [6, 6.07) is 18.5. The molecular formula is C22H16N2O4. The van der Waals surface area contributed by atoms with Gasteiger partial charge in [0.1, 0.15) is 0 Å². The molecule has 4 rings (SSSR count). The summed E-state index contributed by atoms with van der Waals surface area (Å²) in [7, 11) is 0. The number of benzene rings is 3. The lowest BCUT2D eigenvalue weighted by molar-refractivity contribution is 0.0641. The van der Waals surface area contributed by atoms with Crippen molar-refractivity contribution in [1.29, 1.82) is 0 Å². The Kier molecular flexibility index (Phi) is 4.16. The van der Waals surface area contributed by atoms with Gasteiger partial charge in [0, 0.05) is 5.69 Å². The zero-order valence-electron chi connectivity index (χ0n) is 14.8. The number of nitrogens with zero attached hydrogens (tertiary/aromatic N) is 1. The fraction of sp³-hybridized carbons (Fsp3) is 0.0455. The van der Waals surface area contributed by atoms with Crippen molar-refractivity contribution >= 4 is 23.5 Å². The molecule has 0 unspecified atom stereocenters. The Morgan fingerprint density at radius 2 is 1.46 bits per heavy atom. The molecule has 0 spiro atoms. The number of hydrogen-bond acceptors (Lipinski definition) is 4. The van der Waals surface area contributed by atoms with Crippen LogP contribution in [-0.2, 0) is 6.54 Å². The van der Waals surface area contributed by atoms with Crippen molar-refractivity contribution in [1.82, 2.24) is 4.90 Å². The molecule has 1 heterocycles. The average Bonchev–Trinajstić information content (AvgIpc) is 2.93. The minimum atomic E-state index is -1.08. The number of nitrogens with two attached hydrogens (primary N) is 1. The molecule has 0 fully saturated rings. The van der Waals surface area contributed by atoms with Crippen LogP contribution in [0, 0.1) is 0 Å². The Labute approximate surface area is 160 Å². The number of carbonyl (C=O) groups is 3. The van der Waals surface area contributed by atoms with E-state index >= 15 is 0 Å². The second kappa shape index (κ2) is 6.66.